The van der Waals surface area contributed by atoms with Crippen LogP contribution in [-0.2, 0) is 12.8 Å². The fraction of sp³-hybridized carbons (Fsp3) is 0.692. The molecule has 0 aromatic carbocycles. The standard InChI is InChI=1S/C13H19N3O/c14-9-6-4-8(5-7-9)12-10-2-1-3-11(10)15-13(17)16-12/h8-9H,1-7,14H2,(H,15,16,17). The van der Waals surface area contributed by atoms with E-state index in [2.05, 4.69) is 9.97 Å². The Morgan fingerprint density at radius 2 is 1.94 bits per heavy atom. The zero-order valence-electron chi connectivity index (χ0n) is 10.0. The lowest BCUT2D eigenvalue weighted by Gasteiger charge is -2.26. The average Bonchev–Trinajstić information content (AvgIpc) is 2.77. The third-order valence-electron chi connectivity index (χ3n) is 4.17. The maximum atomic E-state index is 11.6. The second-order valence-electron chi connectivity index (χ2n) is 5.35. The van der Waals surface area contributed by atoms with Gasteiger partial charge in [-0.2, -0.15) is 4.98 Å². The number of rotatable bonds is 1. The summed E-state index contributed by atoms with van der Waals surface area (Å²) in [5, 5.41) is 0. The zero-order valence-corrected chi connectivity index (χ0v) is 10.0. The van der Waals surface area contributed by atoms with Gasteiger partial charge in [0, 0.05) is 17.7 Å². The van der Waals surface area contributed by atoms with Gasteiger partial charge in [-0.25, -0.2) is 4.79 Å². The van der Waals surface area contributed by atoms with Crippen molar-refractivity contribution in [3.63, 3.8) is 0 Å². The number of nitrogens with one attached hydrogen (secondary N) is 1. The second kappa shape index (κ2) is 4.26. The molecule has 0 saturated heterocycles. The van der Waals surface area contributed by atoms with E-state index in [0.29, 0.717) is 12.0 Å². The predicted molar refractivity (Wildman–Crippen MR) is 66.1 cm³/mol. The number of aryl methyl sites for hydroxylation is 1. The van der Waals surface area contributed by atoms with Gasteiger partial charge < -0.3 is 10.7 Å². The van der Waals surface area contributed by atoms with Crippen molar-refractivity contribution in [1.29, 1.82) is 0 Å². The summed E-state index contributed by atoms with van der Waals surface area (Å²) in [5.41, 5.74) is 9.29. The summed E-state index contributed by atoms with van der Waals surface area (Å²) in [5.74, 6) is 0.462. The summed E-state index contributed by atoms with van der Waals surface area (Å²) in [6.07, 6.45) is 7.54. The van der Waals surface area contributed by atoms with Crippen LogP contribution >= 0.6 is 0 Å². The lowest BCUT2D eigenvalue weighted by Crippen LogP contribution is -2.28. The third kappa shape index (κ3) is 2.02. The lowest BCUT2D eigenvalue weighted by molar-refractivity contribution is 0.388. The Labute approximate surface area is 101 Å². The molecule has 0 spiro atoms. The van der Waals surface area contributed by atoms with Gasteiger partial charge in [0.25, 0.3) is 0 Å². The summed E-state index contributed by atoms with van der Waals surface area (Å²) in [4.78, 5) is 18.7. The summed E-state index contributed by atoms with van der Waals surface area (Å²) >= 11 is 0. The molecule has 3 rings (SSSR count). The SMILES string of the molecule is NC1CCC(c2nc(=O)[nH]c3c2CCC3)CC1. The van der Waals surface area contributed by atoms with Crippen LogP contribution in [0.4, 0.5) is 0 Å². The van der Waals surface area contributed by atoms with E-state index in [9.17, 15) is 4.79 Å². The normalized spacial score (nSPS) is 28.1. The fourth-order valence-corrected chi connectivity index (χ4v) is 3.23. The highest BCUT2D eigenvalue weighted by atomic mass is 16.1. The smallest absolute Gasteiger partial charge is 0.328 e. The molecule has 2 aliphatic carbocycles. The molecule has 17 heavy (non-hydrogen) atoms. The van der Waals surface area contributed by atoms with Crippen molar-refractivity contribution in [2.24, 2.45) is 5.73 Å². The van der Waals surface area contributed by atoms with E-state index >= 15 is 0 Å². The molecule has 0 amide bonds. The van der Waals surface area contributed by atoms with Crippen molar-refractivity contribution in [2.75, 3.05) is 0 Å². The van der Waals surface area contributed by atoms with Crippen molar-refractivity contribution in [3.05, 3.63) is 27.4 Å². The molecule has 0 aliphatic heterocycles. The highest BCUT2D eigenvalue weighted by Gasteiger charge is 2.26. The summed E-state index contributed by atoms with van der Waals surface area (Å²) in [6, 6.07) is 0.348. The minimum absolute atomic E-state index is 0.171. The van der Waals surface area contributed by atoms with E-state index in [1.807, 2.05) is 0 Å². The van der Waals surface area contributed by atoms with E-state index in [-0.39, 0.29) is 5.69 Å². The number of aromatic amines is 1. The van der Waals surface area contributed by atoms with Crippen LogP contribution in [0.3, 0.4) is 0 Å². The topological polar surface area (TPSA) is 71.8 Å². The lowest BCUT2D eigenvalue weighted by atomic mass is 9.83. The summed E-state index contributed by atoms with van der Waals surface area (Å²) in [6.45, 7) is 0. The molecule has 1 aromatic heterocycles. The third-order valence-corrected chi connectivity index (χ3v) is 4.17. The first-order chi connectivity index (χ1) is 8.24. The van der Waals surface area contributed by atoms with E-state index in [1.165, 1.54) is 5.56 Å². The Balaban J connectivity index is 1.95. The molecular weight excluding hydrogens is 214 g/mol. The van der Waals surface area contributed by atoms with Gasteiger partial charge in [-0.1, -0.05) is 0 Å². The van der Waals surface area contributed by atoms with E-state index < -0.39 is 0 Å². The van der Waals surface area contributed by atoms with Crippen LogP contribution in [0.1, 0.15) is 55.0 Å². The Bertz CT molecular complexity index is 472. The molecule has 0 bridgehead atoms. The van der Waals surface area contributed by atoms with E-state index in [0.717, 1.165) is 56.3 Å². The van der Waals surface area contributed by atoms with Gasteiger partial charge in [-0.05, 0) is 50.5 Å². The number of hydrogen-bond donors (Lipinski definition) is 2. The first-order valence-electron chi connectivity index (χ1n) is 6.61. The molecule has 1 saturated carbocycles. The van der Waals surface area contributed by atoms with E-state index in [1.54, 1.807) is 0 Å². The van der Waals surface area contributed by atoms with Crippen LogP contribution in [0, 0.1) is 0 Å². The van der Waals surface area contributed by atoms with Crippen LogP contribution in [0.15, 0.2) is 4.79 Å². The number of nitrogens with zero attached hydrogens (tertiary/aromatic N) is 1. The molecule has 1 aromatic rings. The highest BCUT2D eigenvalue weighted by molar-refractivity contribution is 5.31. The van der Waals surface area contributed by atoms with Crippen LogP contribution in [0.5, 0.6) is 0 Å². The quantitative estimate of drug-likeness (QED) is 0.766. The minimum atomic E-state index is -0.171. The average molecular weight is 233 g/mol. The predicted octanol–water partition coefficient (Wildman–Crippen LogP) is 1.24. The van der Waals surface area contributed by atoms with Gasteiger partial charge in [0.1, 0.15) is 0 Å². The molecule has 0 unspecified atom stereocenters. The maximum absolute atomic E-state index is 11.6. The van der Waals surface area contributed by atoms with Crippen LogP contribution in [0.25, 0.3) is 0 Å². The van der Waals surface area contributed by atoms with E-state index in [4.69, 9.17) is 5.73 Å². The number of aromatic nitrogens is 2. The van der Waals surface area contributed by atoms with Crippen LogP contribution in [-0.4, -0.2) is 16.0 Å². The first kappa shape index (κ1) is 11.0. The van der Waals surface area contributed by atoms with Crippen LogP contribution < -0.4 is 11.4 Å². The Morgan fingerprint density at radius 3 is 2.71 bits per heavy atom. The molecule has 1 fully saturated rings. The first-order valence-corrected chi connectivity index (χ1v) is 6.61. The van der Waals surface area contributed by atoms with Crippen molar-refractivity contribution >= 4 is 0 Å². The van der Waals surface area contributed by atoms with Crippen molar-refractivity contribution in [2.45, 2.75) is 56.9 Å². The zero-order chi connectivity index (χ0) is 11.8. The summed E-state index contributed by atoms with van der Waals surface area (Å²) < 4.78 is 0. The number of H-pyrrole nitrogens is 1. The van der Waals surface area contributed by atoms with Crippen molar-refractivity contribution in [3.8, 4) is 0 Å². The van der Waals surface area contributed by atoms with Gasteiger partial charge in [-0.15, -0.1) is 0 Å². The Kier molecular flexibility index (Phi) is 2.74. The maximum Gasteiger partial charge on any atom is 0.345 e. The minimum Gasteiger partial charge on any atom is -0.328 e. The van der Waals surface area contributed by atoms with Gasteiger partial charge in [0.2, 0.25) is 0 Å². The number of hydrogen-bond acceptors (Lipinski definition) is 3. The Hall–Kier alpha value is -1.16. The monoisotopic (exact) mass is 233 g/mol. The Morgan fingerprint density at radius 1 is 1.18 bits per heavy atom. The van der Waals surface area contributed by atoms with Gasteiger partial charge in [0.15, 0.2) is 0 Å². The van der Waals surface area contributed by atoms with Crippen molar-refractivity contribution < 1.29 is 0 Å². The van der Waals surface area contributed by atoms with Crippen LogP contribution in [0.2, 0.25) is 0 Å². The molecule has 4 heteroatoms. The molecule has 0 radical (unpaired) electrons. The van der Waals surface area contributed by atoms with Gasteiger partial charge in [0.05, 0.1) is 5.69 Å². The molecule has 4 nitrogen and oxygen atoms in total. The fourth-order valence-electron chi connectivity index (χ4n) is 3.23. The second-order valence-corrected chi connectivity index (χ2v) is 5.35. The largest absolute Gasteiger partial charge is 0.345 e. The molecule has 1 heterocycles. The number of fused-ring (bicyclic) bond motifs is 1. The van der Waals surface area contributed by atoms with Gasteiger partial charge in [-0.3, -0.25) is 0 Å². The molecular formula is C13H19N3O. The number of nitrogens with two attached hydrogens (primary N) is 1. The van der Waals surface area contributed by atoms with Crippen molar-refractivity contribution in [1.82, 2.24) is 9.97 Å². The molecule has 92 valence electrons. The molecule has 0 atom stereocenters. The molecule has 3 N–H and O–H groups in total. The summed E-state index contributed by atoms with van der Waals surface area (Å²) in [7, 11) is 0. The molecule has 2 aliphatic rings. The van der Waals surface area contributed by atoms with Gasteiger partial charge >= 0.3 is 5.69 Å². The highest BCUT2D eigenvalue weighted by Crippen LogP contribution is 2.35.